The van der Waals surface area contributed by atoms with Gasteiger partial charge in [0, 0.05) is 0 Å². The third kappa shape index (κ3) is 54.7. The Hall–Kier alpha value is 0.848. The van der Waals surface area contributed by atoms with Crippen molar-refractivity contribution < 1.29 is 16.4 Å². The number of hydrogen-bond donors (Lipinski definition) is 0. The molecule has 0 bridgehead atoms. The van der Waals surface area contributed by atoms with E-state index in [0.717, 1.165) is 0 Å². The second-order valence-electron chi connectivity index (χ2n) is 0. The van der Waals surface area contributed by atoms with Gasteiger partial charge in [0.2, 0.25) is 0 Å². The molecule has 0 aromatic rings. The van der Waals surface area contributed by atoms with Crippen molar-refractivity contribution in [3.63, 3.8) is 0 Å². The summed E-state index contributed by atoms with van der Waals surface area (Å²) < 4.78 is 0. The van der Waals surface area contributed by atoms with E-state index in [2.05, 4.69) is 0 Å². The van der Waals surface area contributed by atoms with Crippen LogP contribution in [-0.2, 0) is 16.4 Å². The Balaban J connectivity index is 0. The van der Waals surface area contributed by atoms with Crippen LogP contribution in [0.2, 0.25) is 0 Å². The van der Waals surface area contributed by atoms with Crippen LogP contribution in [0.4, 0.5) is 0 Å². The first-order valence-corrected chi connectivity index (χ1v) is 0. The summed E-state index contributed by atoms with van der Waals surface area (Å²) in [6.45, 7) is 0. The van der Waals surface area contributed by atoms with Crippen LogP contribution in [0.3, 0.4) is 0 Å². The molecule has 5 heavy (non-hydrogen) atoms. The van der Waals surface area contributed by atoms with Crippen molar-refractivity contribution >= 4 is 34.0 Å². The van der Waals surface area contributed by atoms with E-state index >= 15 is 0 Å². The average Bonchev–Trinajstić information content (AvgIpc) is 0. The smallest absolute Gasteiger partial charge is 2.00 e. The van der Waals surface area contributed by atoms with Crippen molar-refractivity contribution in [2.75, 3.05) is 0 Å². The fraction of sp³-hybridized carbons (Fsp3) is 0. The Kier molecular flexibility index (Phi) is 3820. The van der Waals surface area contributed by atoms with Crippen LogP contribution in [0, 0.1) is 0 Å². The van der Waals surface area contributed by atoms with Crippen LogP contribution in [0.5, 0.6) is 0 Å². The summed E-state index contributed by atoms with van der Waals surface area (Å²) in [7, 11) is 0. The van der Waals surface area contributed by atoms with Gasteiger partial charge in [0.05, 0.1) is 0 Å². The second kappa shape index (κ2) is 99.9. The summed E-state index contributed by atoms with van der Waals surface area (Å²) in [6.07, 6.45) is 0. The first-order chi connectivity index (χ1) is 0. The van der Waals surface area contributed by atoms with E-state index in [0.29, 0.717) is 0 Å². The topological polar surface area (TPSA) is 85.5 Å². The van der Waals surface area contributed by atoms with Crippen molar-refractivity contribution in [2.45, 2.75) is 0 Å². The minimum atomic E-state index is 0. The first-order valence-electron chi connectivity index (χ1n) is 0. The molecule has 0 aromatic heterocycles. The van der Waals surface area contributed by atoms with Crippen LogP contribution in [0.15, 0.2) is 0 Å². The third-order valence-electron chi connectivity index (χ3n) is 0. The van der Waals surface area contributed by atoms with E-state index in [1.54, 1.807) is 0 Å². The number of rotatable bonds is 0. The van der Waals surface area contributed by atoms with Gasteiger partial charge in [-0.25, -0.2) is 0 Å². The molecule has 0 saturated carbocycles. The van der Waals surface area contributed by atoms with Gasteiger partial charge in [-0.05, 0) is 0 Å². The van der Waals surface area contributed by atoms with Gasteiger partial charge in [-0.1, -0.05) is 0 Å². The second-order valence-corrected chi connectivity index (χ2v) is 0. The fourth-order valence-corrected chi connectivity index (χ4v) is 0. The van der Waals surface area contributed by atoms with E-state index in [4.69, 9.17) is 0 Å². The van der Waals surface area contributed by atoms with Gasteiger partial charge >= 0.3 is 34.0 Å². The van der Waals surface area contributed by atoms with Crippen LogP contribution in [0.25, 0.3) is 0 Å². The van der Waals surface area contributed by atoms with Crippen molar-refractivity contribution in [1.82, 2.24) is 0 Å². The maximum atomic E-state index is 0. The molecule has 24 valence electrons. The maximum Gasteiger partial charge on any atom is 4.00 e. The molecule has 0 N–H and O–H groups in total. The summed E-state index contributed by atoms with van der Waals surface area (Å²) in [5.41, 5.74) is 0. The molecule has 0 rings (SSSR count). The zero-order valence-electron chi connectivity index (χ0n) is 2.43. The molecule has 0 aliphatic rings. The molecule has 0 atom stereocenters. The molecular formula is BeO3Sn. The summed E-state index contributed by atoms with van der Waals surface area (Å²) in [4.78, 5) is 0. The Labute approximate surface area is 50.9 Å². The van der Waals surface area contributed by atoms with Crippen molar-refractivity contribution in [2.24, 2.45) is 0 Å². The molecule has 0 saturated heterocycles. The zero-order chi connectivity index (χ0) is 0. The minimum Gasteiger partial charge on any atom is -2.00 e. The average molecular weight is 176 g/mol. The van der Waals surface area contributed by atoms with Gasteiger partial charge in [0.15, 0.2) is 0 Å². The molecule has 0 radical (unpaired) electrons. The summed E-state index contributed by atoms with van der Waals surface area (Å²) in [5, 5.41) is 0. The fourth-order valence-electron chi connectivity index (χ4n) is 0. The van der Waals surface area contributed by atoms with Gasteiger partial charge in [0.1, 0.15) is 0 Å². The Bertz CT molecular complexity index is 6.85. The zero-order valence-corrected chi connectivity index (χ0v) is 5.29. The van der Waals surface area contributed by atoms with E-state index in [9.17, 15) is 0 Å². The van der Waals surface area contributed by atoms with E-state index in [1.165, 1.54) is 0 Å². The van der Waals surface area contributed by atoms with Gasteiger partial charge in [0.25, 0.3) is 0 Å². The van der Waals surface area contributed by atoms with Crippen LogP contribution < -0.4 is 0 Å². The largest absolute Gasteiger partial charge is 4.00 e. The van der Waals surface area contributed by atoms with E-state index < -0.39 is 0 Å². The molecule has 5 heteroatoms. The molecule has 0 aliphatic carbocycles. The molecule has 0 spiro atoms. The van der Waals surface area contributed by atoms with Crippen LogP contribution >= 0.6 is 0 Å². The molecule has 0 amide bonds. The van der Waals surface area contributed by atoms with Crippen LogP contribution in [-0.4, -0.2) is 34.0 Å². The third-order valence-corrected chi connectivity index (χ3v) is 0. The van der Waals surface area contributed by atoms with Crippen molar-refractivity contribution in [3.8, 4) is 0 Å². The van der Waals surface area contributed by atoms with E-state index in [1.807, 2.05) is 0 Å². The monoisotopic (exact) mass is 177 g/mol. The summed E-state index contributed by atoms with van der Waals surface area (Å²) >= 11 is 0. The summed E-state index contributed by atoms with van der Waals surface area (Å²) in [6, 6.07) is 0. The van der Waals surface area contributed by atoms with Gasteiger partial charge in [-0.15, -0.1) is 0 Å². The van der Waals surface area contributed by atoms with Crippen molar-refractivity contribution in [3.05, 3.63) is 0 Å². The molecule has 0 heterocycles. The first kappa shape index (κ1) is 191. The Morgan fingerprint density at radius 1 is 0.600 bits per heavy atom. The molecule has 0 fully saturated rings. The summed E-state index contributed by atoms with van der Waals surface area (Å²) in [5.74, 6) is 0. The molecule has 3 nitrogen and oxygen atoms in total. The molecule has 0 aliphatic heterocycles. The van der Waals surface area contributed by atoms with Gasteiger partial charge in [-0.3, -0.25) is 0 Å². The molecule has 0 aromatic carbocycles. The predicted molar refractivity (Wildman–Crippen MR) is 13.6 cm³/mol. The van der Waals surface area contributed by atoms with E-state index in [-0.39, 0.29) is 50.5 Å². The Morgan fingerprint density at radius 2 is 0.600 bits per heavy atom. The predicted octanol–water partition coefficient (Wildman–Crippen LogP) is -1.12. The van der Waals surface area contributed by atoms with Crippen molar-refractivity contribution in [1.29, 1.82) is 0 Å². The molecular weight excluding hydrogens is 176 g/mol. The standard InChI is InChI=1S/Be.3O.Sn/q+2;3*-2;+4. The quantitative estimate of drug-likeness (QED) is 0.418. The van der Waals surface area contributed by atoms with Gasteiger partial charge < -0.3 is 16.4 Å². The van der Waals surface area contributed by atoms with Gasteiger partial charge in [-0.2, -0.15) is 0 Å². The van der Waals surface area contributed by atoms with Crippen LogP contribution in [0.1, 0.15) is 0 Å². The Morgan fingerprint density at radius 3 is 0.600 bits per heavy atom. The minimum absolute atomic E-state index is 0. The number of hydrogen-bond acceptors (Lipinski definition) is 0. The normalized spacial score (nSPS) is 0. The SMILES string of the molecule is [Be+2].[O-2].[O-2].[O-2].[Sn+4]. The maximum absolute atomic E-state index is 0. The molecule has 0 unspecified atom stereocenters.